The molecule has 1 aliphatic heterocycles. The van der Waals surface area contributed by atoms with E-state index in [-0.39, 0.29) is 20.3 Å². The monoisotopic (exact) mass is 157 g/mol. The minimum absolute atomic E-state index is 0. The summed E-state index contributed by atoms with van der Waals surface area (Å²) in [6, 6.07) is 0. The zero-order chi connectivity index (χ0) is 6.91. The summed E-state index contributed by atoms with van der Waals surface area (Å²) in [4.78, 5) is 10.2. The molecular formula is C3H4LiNO4S. The van der Waals surface area contributed by atoms with Gasteiger partial charge in [0.1, 0.15) is 6.26 Å². The Morgan fingerprint density at radius 3 is 2.50 bits per heavy atom. The van der Waals surface area contributed by atoms with E-state index in [2.05, 4.69) is 4.18 Å². The van der Waals surface area contributed by atoms with E-state index in [1.165, 1.54) is 0 Å². The first-order chi connectivity index (χ1) is 4.10. The molecule has 0 aliphatic carbocycles. The molecule has 7 heteroatoms. The van der Waals surface area contributed by atoms with Crippen LogP contribution in [0.1, 0.15) is 1.43 Å². The Labute approximate surface area is 71.4 Å². The van der Waals surface area contributed by atoms with Crippen molar-refractivity contribution in [3.8, 4) is 0 Å². The molecule has 1 amide bonds. The Bertz CT molecular complexity index is 261. The predicted octanol–water partition coefficient (Wildman–Crippen LogP) is -3.99. The van der Waals surface area contributed by atoms with Crippen LogP contribution in [0.15, 0.2) is 12.3 Å². The molecule has 1 rings (SSSR count). The summed E-state index contributed by atoms with van der Waals surface area (Å²) in [7, 11) is -3.82. The second-order valence-corrected chi connectivity index (χ2v) is 2.62. The van der Waals surface area contributed by atoms with Gasteiger partial charge in [0.15, 0.2) is 0 Å². The molecule has 0 radical (unpaired) electrons. The minimum Gasteiger partial charge on any atom is -1.00 e. The van der Waals surface area contributed by atoms with Crippen molar-refractivity contribution >= 4 is 16.2 Å². The molecule has 0 aromatic carbocycles. The molecule has 10 heavy (non-hydrogen) atoms. The Balaban J connectivity index is 0. The summed E-state index contributed by atoms with van der Waals surface area (Å²) in [5.74, 6) is -0.693. The Kier molecular flexibility index (Phi) is 2.96. The van der Waals surface area contributed by atoms with Crippen molar-refractivity contribution in [3.63, 3.8) is 0 Å². The van der Waals surface area contributed by atoms with Crippen LogP contribution in [-0.2, 0) is 19.3 Å². The first-order valence-corrected chi connectivity index (χ1v) is 3.42. The molecule has 5 nitrogen and oxygen atoms in total. The number of nitrogens with one attached hydrogen (secondary N) is 1. The van der Waals surface area contributed by atoms with E-state index in [1.807, 2.05) is 0 Å². The van der Waals surface area contributed by atoms with Crippen molar-refractivity contribution in [3.05, 3.63) is 12.3 Å². The van der Waals surface area contributed by atoms with Gasteiger partial charge in [0, 0.05) is 6.08 Å². The van der Waals surface area contributed by atoms with Crippen molar-refractivity contribution in [2.75, 3.05) is 0 Å². The number of carbonyl (C=O) groups excluding carboxylic acids is 1. The fourth-order valence-electron chi connectivity index (χ4n) is 0.344. The number of amides is 1. The second kappa shape index (κ2) is 3.10. The first-order valence-electron chi connectivity index (χ1n) is 2.02. The average molecular weight is 157 g/mol. The van der Waals surface area contributed by atoms with Crippen LogP contribution >= 0.6 is 0 Å². The number of carbonyl (C=O) groups is 1. The van der Waals surface area contributed by atoms with Crippen LogP contribution < -0.4 is 23.6 Å². The zero-order valence-electron chi connectivity index (χ0n) is 6.20. The van der Waals surface area contributed by atoms with E-state index in [1.54, 1.807) is 4.72 Å². The summed E-state index contributed by atoms with van der Waals surface area (Å²) >= 11 is 0. The zero-order valence-corrected chi connectivity index (χ0v) is 6.01. The summed E-state index contributed by atoms with van der Waals surface area (Å²) in [5.41, 5.74) is 0. The molecule has 0 fully saturated rings. The largest absolute Gasteiger partial charge is 1.00 e. The molecule has 52 valence electrons. The number of hydrogen-bond donors (Lipinski definition) is 1. The van der Waals surface area contributed by atoms with Crippen LogP contribution in [0.5, 0.6) is 0 Å². The third-order valence-electron chi connectivity index (χ3n) is 0.627. The van der Waals surface area contributed by atoms with Crippen molar-refractivity contribution in [2.24, 2.45) is 0 Å². The van der Waals surface area contributed by atoms with Gasteiger partial charge in [-0.05, 0) is 0 Å². The standard InChI is InChI=1S/C3H3NO4S.Li.H/c5-3-1-2-8-9(6,7)4-3;;/h1-2H,(H,4,5);;/q;+1;-1. The van der Waals surface area contributed by atoms with Gasteiger partial charge in [-0.15, -0.1) is 0 Å². The van der Waals surface area contributed by atoms with Gasteiger partial charge in [-0.3, -0.25) is 4.79 Å². The number of rotatable bonds is 0. The summed E-state index contributed by atoms with van der Waals surface area (Å²) < 4.78 is 26.1. The third-order valence-corrected chi connectivity index (χ3v) is 1.44. The third kappa shape index (κ3) is 2.43. The molecule has 0 aromatic heterocycles. The molecule has 1 aliphatic rings. The van der Waals surface area contributed by atoms with Gasteiger partial charge >= 0.3 is 29.2 Å². The smallest absolute Gasteiger partial charge is 1.00 e. The van der Waals surface area contributed by atoms with Gasteiger partial charge in [-0.2, -0.15) is 8.42 Å². The molecule has 0 atom stereocenters. The first kappa shape index (κ1) is 9.56. The van der Waals surface area contributed by atoms with Crippen LogP contribution in [0, 0.1) is 0 Å². The SMILES string of the molecule is O=C1C=COS(=O)(=O)N1.[H-].[Li+]. The van der Waals surface area contributed by atoms with Crippen molar-refractivity contribution in [1.82, 2.24) is 4.72 Å². The summed E-state index contributed by atoms with van der Waals surface area (Å²) in [5, 5.41) is 0. The second-order valence-electron chi connectivity index (χ2n) is 1.32. The van der Waals surface area contributed by atoms with Gasteiger partial charge in [-0.25, -0.2) is 4.72 Å². The predicted molar refractivity (Wildman–Crippen MR) is 28.4 cm³/mol. The van der Waals surface area contributed by atoms with E-state index in [9.17, 15) is 13.2 Å². The fraction of sp³-hybridized carbons (Fsp3) is 0. The van der Waals surface area contributed by atoms with Crippen LogP contribution in [-0.4, -0.2) is 14.3 Å². The molecule has 1 heterocycles. The molecular weight excluding hydrogens is 153 g/mol. The van der Waals surface area contributed by atoms with Gasteiger partial charge in [0.2, 0.25) is 0 Å². The maximum absolute atomic E-state index is 10.3. The fourth-order valence-corrected chi connectivity index (χ4v) is 0.908. The van der Waals surface area contributed by atoms with Gasteiger partial charge < -0.3 is 5.61 Å². The van der Waals surface area contributed by atoms with Crippen LogP contribution in [0.2, 0.25) is 0 Å². The van der Waals surface area contributed by atoms with Crippen molar-refractivity contribution in [1.29, 1.82) is 0 Å². The molecule has 0 aromatic rings. The molecule has 0 bridgehead atoms. The maximum atomic E-state index is 10.3. The maximum Gasteiger partial charge on any atom is 1.00 e. The van der Waals surface area contributed by atoms with Crippen molar-refractivity contribution < 1.29 is 37.7 Å². The Morgan fingerprint density at radius 2 is 2.20 bits per heavy atom. The van der Waals surface area contributed by atoms with E-state index in [0.29, 0.717) is 0 Å². The Hall–Kier alpha value is -0.443. The van der Waals surface area contributed by atoms with E-state index in [0.717, 1.165) is 12.3 Å². The topological polar surface area (TPSA) is 72.5 Å². The normalized spacial score (nSPS) is 20.2. The quantitative estimate of drug-likeness (QED) is 0.364. The van der Waals surface area contributed by atoms with Crippen LogP contribution in [0.25, 0.3) is 0 Å². The van der Waals surface area contributed by atoms with E-state index < -0.39 is 16.2 Å². The van der Waals surface area contributed by atoms with E-state index >= 15 is 0 Å². The average Bonchev–Trinajstić information content (AvgIpc) is 1.60. The molecule has 0 saturated heterocycles. The Morgan fingerprint density at radius 1 is 1.60 bits per heavy atom. The molecule has 0 spiro atoms. The molecule has 1 N–H and O–H groups in total. The minimum atomic E-state index is -3.82. The van der Waals surface area contributed by atoms with Crippen molar-refractivity contribution in [2.45, 2.75) is 0 Å². The van der Waals surface area contributed by atoms with Gasteiger partial charge in [0.25, 0.3) is 5.91 Å². The van der Waals surface area contributed by atoms with E-state index in [4.69, 9.17) is 0 Å². The molecule has 0 saturated carbocycles. The number of hydrogen-bond acceptors (Lipinski definition) is 4. The van der Waals surface area contributed by atoms with Gasteiger partial charge in [0.05, 0.1) is 0 Å². The van der Waals surface area contributed by atoms with Gasteiger partial charge in [-0.1, -0.05) is 0 Å². The summed E-state index contributed by atoms with van der Waals surface area (Å²) in [6.07, 6.45) is 1.79. The summed E-state index contributed by atoms with van der Waals surface area (Å²) in [6.45, 7) is 0. The molecule has 0 unspecified atom stereocenters. The van der Waals surface area contributed by atoms with Crippen LogP contribution in [0.4, 0.5) is 0 Å². The van der Waals surface area contributed by atoms with Crippen LogP contribution in [0.3, 0.4) is 0 Å².